The second kappa shape index (κ2) is 4.07. The first kappa shape index (κ1) is 6.90. The molecular weight excluding hydrogens is 111 g/mol. The summed E-state index contributed by atoms with van der Waals surface area (Å²) in [5.41, 5.74) is -0.276. The zero-order chi connectivity index (χ0) is 5.70. The van der Waals surface area contributed by atoms with Crippen LogP contribution in [0.2, 0.25) is 0 Å². The monoisotopic (exact) mass is 120 g/mol. The van der Waals surface area contributed by atoms with Gasteiger partial charge in [0.15, 0.2) is 0 Å². The van der Waals surface area contributed by atoms with Crippen LogP contribution < -0.4 is 0 Å². The first-order chi connectivity index (χ1) is 3.27. The molecule has 0 aliphatic rings. The van der Waals surface area contributed by atoms with Crippen molar-refractivity contribution < 1.29 is 9.53 Å². The van der Waals surface area contributed by atoms with Gasteiger partial charge in [0.25, 0.3) is 0 Å². The molecule has 0 aromatic rings. The van der Waals surface area contributed by atoms with Crippen molar-refractivity contribution >= 4 is 15.0 Å². The van der Waals surface area contributed by atoms with Crippen LogP contribution in [0.1, 0.15) is 13.3 Å². The third-order valence-electron chi connectivity index (χ3n) is 0.448. The van der Waals surface area contributed by atoms with Crippen molar-refractivity contribution in [1.82, 2.24) is 0 Å². The summed E-state index contributed by atoms with van der Waals surface area (Å²) in [4.78, 5) is 9.94. The SMILES string of the molecule is CCCOC(=O)P. The average Bonchev–Trinajstić information content (AvgIpc) is 1.61. The van der Waals surface area contributed by atoms with Gasteiger partial charge in [-0.2, -0.15) is 0 Å². The largest absolute Gasteiger partial charge is 0.463 e. The predicted molar refractivity (Wildman–Crippen MR) is 31.3 cm³/mol. The highest BCUT2D eigenvalue weighted by Gasteiger charge is 1.85. The van der Waals surface area contributed by atoms with Gasteiger partial charge in [0.1, 0.15) is 0 Å². The fourth-order valence-electron chi connectivity index (χ4n) is 0.203. The van der Waals surface area contributed by atoms with E-state index in [-0.39, 0.29) is 5.71 Å². The van der Waals surface area contributed by atoms with Gasteiger partial charge < -0.3 is 4.74 Å². The third kappa shape index (κ3) is 5.90. The first-order valence-corrected chi connectivity index (χ1v) is 2.77. The van der Waals surface area contributed by atoms with Crippen molar-refractivity contribution in [3.63, 3.8) is 0 Å². The van der Waals surface area contributed by atoms with Crippen LogP contribution in [-0.4, -0.2) is 12.3 Å². The third-order valence-corrected chi connectivity index (χ3v) is 0.615. The van der Waals surface area contributed by atoms with Gasteiger partial charge in [-0.3, -0.25) is 0 Å². The second-order valence-corrected chi connectivity index (χ2v) is 1.64. The van der Waals surface area contributed by atoms with E-state index >= 15 is 0 Å². The molecule has 0 aromatic carbocycles. The van der Waals surface area contributed by atoms with Crippen LogP contribution in [0.4, 0.5) is 4.79 Å². The zero-order valence-corrected chi connectivity index (χ0v) is 5.46. The van der Waals surface area contributed by atoms with E-state index in [4.69, 9.17) is 0 Å². The summed E-state index contributed by atoms with van der Waals surface area (Å²) in [6.07, 6.45) is 0.889. The van der Waals surface area contributed by atoms with Crippen LogP contribution >= 0.6 is 9.24 Å². The minimum absolute atomic E-state index is 0.276. The smallest absolute Gasteiger partial charge is 0.319 e. The number of ether oxygens (including phenoxy) is 1. The van der Waals surface area contributed by atoms with Crippen LogP contribution in [0.15, 0.2) is 0 Å². The van der Waals surface area contributed by atoms with Crippen LogP contribution in [0, 0.1) is 0 Å². The molecule has 0 saturated heterocycles. The van der Waals surface area contributed by atoms with E-state index in [0.29, 0.717) is 6.61 Å². The van der Waals surface area contributed by atoms with Gasteiger partial charge in [0.2, 0.25) is 0 Å². The molecule has 0 heterocycles. The van der Waals surface area contributed by atoms with Gasteiger partial charge in [0.05, 0.1) is 6.61 Å². The standard InChI is InChI=1S/C4H9O2P/c1-2-3-6-4(5)7/h2-3,7H2,1H3. The van der Waals surface area contributed by atoms with Crippen molar-refractivity contribution in [1.29, 1.82) is 0 Å². The molecule has 0 rings (SSSR count). The highest BCUT2D eigenvalue weighted by molar-refractivity contribution is 7.39. The van der Waals surface area contributed by atoms with Crippen molar-refractivity contribution in [2.24, 2.45) is 0 Å². The molecule has 3 heteroatoms. The van der Waals surface area contributed by atoms with Crippen LogP contribution in [0.3, 0.4) is 0 Å². The topological polar surface area (TPSA) is 26.3 Å². The maximum atomic E-state index is 9.94. The van der Waals surface area contributed by atoms with E-state index in [1.807, 2.05) is 16.2 Å². The minimum atomic E-state index is -0.276. The van der Waals surface area contributed by atoms with E-state index < -0.39 is 0 Å². The Labute approximate surface area is 45.4 Å². The molecule has 0 bridgehead atoms. The minimum Gasteiger partial charge on any atom is -0.463 e. The summed E-state index contributed by atoms with van der Waals surface area (Å²) >= 11 is 0. The predicted octanol–water partition coefficient (Wildman–Crippen LogP) is 1.41. The summed E-state index contributed by atoms with van der Waals surface area (Å²) in [6.45, 7) is 2.48. The maximum absolute atomic E-state index is 9.94. The van der Waals surface area contributed by atoms with E-state index in [9.17, 15) is 4.79 Å². The van der Waals surface area contributed by atoms with Crippen molar-refractivity contribution in [3.8, 4) is 0 Å². The van der Waals surface area contributed by atoms with E-state index in [0.717, 1.165) is 6.42 Å². The van der Waals surface area contributed by atoms with Crippen molar-refractivity contribution in [2.75, 3.05) is 6.61 Å². The molecule has 1 unspecified atom stereocenters. The quantitative estimate of drug-likeness (QED) is 0.515. The van der Waals surface area contributed by atoms with E-state index in [1.165, 1.54) is 0 Å². The lowest BCUT2D eigenvalue weighted by Crippen LogP contribution is -1.92. The molecule has 0 spiro atoms. The van der Waals surface area contributed by atoms with E-state index in [1.54, 1.807) is 0 Å². The van der Waals surface area contributed by atoms with Gasteiger partial charge >= 0.3 is 5.71 Å². The highest BCUT2D eigenvalue weighted by atomic mass is 31.0. The van der Waals surface area contributed by atoms with Gasteiger partial charge in [-0.05, 0) is 15.7 Å². The molecule has 42 valence electrons. The Morgan fingerprint density at radius 1 is 1.86 bits per heavy atom. The van der Waals surface area contributed by atoms with Crippen LogP contribution in [0.25, 0.3) is 0 Å². The highest BCUT2D eigenvalue weighted by Crippen LogP contribution is 1.90. The van der Waals surface area contributed by atoms with Crippen LogP contribution in [0.5, 0.6) is 0 Å². The molecule has 0 amide bonds. The van der Waals surface area contributed by atoms with Gasteiger partial charge in [-0.1, -0.05) is 6.92 Å². The van der Waals surface area contributed by atoms with Gasteiger partial charge in [-0.25, -0.2) is 4.79 Å². The Bertz CT molecular complexity index is 62.7. The number of hydrogen-bond acceptors (Lipinski definition) is 2. The lowest BCUT2D eigenvalue weighted by atomic mass is 10.5. The van der Waals surface area contributed by atoms with Crippen molar-refractivity contribution in [3.05, 3.63) is 0 Å². The van der Waals surface area contributed by atoms with Gasteiger partial charge in [0, 0.05) is 0 Å². The summed E-state index contributed by atoms with van der Waals surface area (Å²) < 4.78 is 4.52. The molecular formula is C4H9O2P. The lowest BCUT2D eigenvalue weighted by Gasteiger charge is -1.93. The number of hydrogen-bond donors (Lipinski definition) is 0. The van der Waals surface area contributed by atoms with Crippen molar-refractivity contribution in [2.45, 2.75) is 13.3 Å². The normalized spacial score (nSPS) is 8.29. The molecule has 0 aliphatic carbocycles. The Kier molecular flexibility index (Phi) is 4.01. The number of carbonyl (C=O) groups is 1. The Balaban J connectivity index is 2.82. The number of carbonyl (C=O) groups excluding carboxylic acids is 1. The van der Waals surface area contributed by atoms with Crippen LogP contribution in [-0.2, 0) is 4.74 Å². The van der Waals surface area contributed by atoms with Gasteiger partial charge in [-0.15, -0.1) is 0 Å². The maximum Gasteiger partial charge on any atom is 0.319 e. The summed E-state index contributed by atoms with van der Waals surface area (Å²) in [5.74, 6) is 0. The number of rotatable bonds is 2. The Hall–Kier alpha value is -0.100. The summed E-state index contributed by atoms with van der Waals surface area (Å²) in [6, 6.07) is 0. The van der Waals surface area contributed by atoms with E-state index in [2.05, 4.69) is 4.74 Å². The molecule has 0 aromatic heterocycles. The molecule has 2 nitrogen and oxygen atoms in total. The molecule has 1 atom stereocenters. The Morgan fingerprint density at radius 2 is 2.43 bits per heavy atom. The second-order valence-electron chi connectivity index (χ2n) is 1.17. The molecule has 0 N–H and O–H groups in total. The molecule has 7 heavy (non-hydrogen) atoms. The lowest BCUT2D eigenvalue weighted by molar-refractivity contribution is 0.175. The zero-order valence-electron chi connectivity index (χ0n) is 4.31. The first-order valence-electron chi connectivity index (χ1n) is 2.19. The molecule has 0 radical (unpaired) electrons. The Morgan fingerprint density at radius 3 is 2.57 bits per heavy atom. The fourth-order valence-corrected chi connectivity index (χ4v) is 0.321. The molecule has 0 fully saturated rings. The summed E-state index contributed by atoms with van der Waals surface area (Å²) in [5, 5.41) is 0. The molecule has 0 saturated carbocycles. The fraction of sp³-hybridized carbons (Fsp3) is 0.750. The molecule has 0 aliphatic heterocycles. The summed E-state index contributed by atoms with van der Waals surface area (Å²) in [7, 11) is 1.95. The average molecular weight is 120 g/mol.